The highest BCUT2D eigenvalue weighted by Crippen LogP contribution is 2.25. The van der Waals surface area contributed by atoms with Gasteiger partial charge in [-0.3, -0.25) is 10.1 Å². The Morgan fingerprint density at radius 2 is 2.00 bits per heavy atom. The molecule has 0 saturated carbocycles. The van der Waals surface area contributed by atoms with Crippen molar-refractivity contribution < 1.29 is 4.79 Å². The molecule has 0 aliphatic carbocycles. The smallest absolute Gasteiger partial charge is 0.258 e. The number of anilines is 1. The summed E-state index contributed by atoms with van der Waals surface area (Å²) in [6, 6.07) is 15.2. The maximum Gasteiger partial charge on any atom is 0.258 e. The minimum atomic E-state index is -0.227. The van der Waals surface area contributed by atoms with E-state index >= 15 is 0 Å². The zero-order valence-corrected chi connectivity index (χ0v) is 15.5. The Balaban J connectivity index is 1.67. The Morgan fingerprint density at radius 1 is 1.16 bits per heavy atom. The van der Waals surface area contributed by atoms with E-state index in [1.54, 1.807) is 10.6 Å². The maximum atomic E-state index is 12.4. The minimum Gasteiger partial charge on any atom is -0.296 e. The van der Waals surface area contributed by atoms with Gasteiger partial charge in [-0.1, -0.05) is 47.2 Å². The number of carbonyl (C=O) groups is 1. The molecular formula is C17H12BrN5OS. The lowest BCUT2D eigenvalue weighted by atomic mass is 10.1. The SMILES string of the molecule is Cc1cccc(-c2nnc3sc(NC(=O)c4ccccc4Br)nn23)c1. The first-order valence-electron chi connectivity index (χ1n) is 7.47. The second-order valence-electron chi connectivity index (χ2n) is 5.43. The summed E-state index contributed by atoms with van der Waals surface area (Å²) in [6.45, 7) is 2.02. The number of rotatable bonds is 3. The molecule has 25 heavy (non-hydrogen) atoms. The van der Waals surface area contributed by atoms with E-state index in [-0.39, 0.29) is 5.91 Å². The van der Waals surface area contributed by atoms with Crippen LogP contribution in [-0.2, 0) is 0 Å². The first-order valence-corrected chi connectivity index (χ1v) is 9.08. The van der Waals surface area contributed by atoms with Crippen LogP contribution in [0.4, 0.5) is 5.13 Å². The van der Waals surface area contributed by atoms with Gasteiger partial charge in [0.05, 0.1) is 5.56 Å². The summed E-state index contributed by atoms with van der Waals surface area (Å²) in [7, 11) is 0. The third kappa shape index (κ3) is 3.06. The van der Waals surface area contributed by atoms with Crippen molar-refractivity contribution in [3.63, 3.8) is 0 Å². The molecule has 4 aromatic rings. The molecule has 0 aliphatic rings. The van der Waals surface area contributed by atoms with Crippen LogP contribution in [0.3, 0.4) is 0 Å². The van der Waals surface area contributed by atoms with Gasteiger partial charge in [0, 0.05) is 10.0 Å². The van der Waals surface area contributed by atoms with Crippen LogP contribution >= 0.6 is 27.3 Å². The molecule has 2 heterocycles. The van der Waals surface area contributed by atoms with E-state index in [1.807, 2.05) is 49.4 Å². The molecule has 0 spiro atoms. The first kappa shape index (κ1) is 15.9. The Bertz CT molecular complexity index is 1090. The van der Waals surface area contributed by atoms with Crippen molar-refractivity contribution in [3.05, 3.63) is 64.1 Å². The van der Waals surface area contributed by atoms with Gasteiger partial charge in [-0.25, -0.2) is 0 Å². The lowest BCUT2D eigenvalue weighted by Gasteiger charge is -2.03. The fourth-order valence-corrected chi connectivity index (χ4v) is 3.64. The number of amides is 1. The molecule has 0 fully saturated rings. The number of hydrogen-bond donors (Lipinski definition) is 1. The number of aryl methyl sites for hydroxylation is 1. The molecule has 0 atom stereocenters. The summed E-state index contributed by atoms with van der Waals surface area (Å²) in [6.07, 6.45) is 0. The zero-order chi connectivity index (χ0) is 17.4. The van der Waals surface area contributed by atoms with Gasteiger partial charge in [0.15, 0.2) is 5.82 Å². The molecule has 0 aliphatic heterocycles. The average molecular weight is 414 g/mol. The van der Waals surface area contributed by atoms with Gasteiger partial charge in [0.1, 0.15) is 0 Å². The van der Waals surface area contributed by atoms with Gasteiger partial charge in [-0.2, -0.15) is 4.52 Å². The molecule has 2 aromatic heterocycles. The van der Waals surface area contributed by atoms with Crippen LogP contribution in [0.5, 0.6) is 0 Å². The van der Waals surface area contributed by atoms with Gasteiger partial charge in [-0.05, 0) is 41.1 Å². The van der Waals surface area contributed by atoms with Gasteiger partial charge in [-0.15, -0.1) is 15.3 Å². The molecule has 2 aromatic carbocycles. The van der Waals surface area contributed by atoms with Crippen molar-refractivity contribution in [2.45, 2.75) is 6.92 Å². The standard InChI is InChI=1S/C17H12BrN5OS/c1-10-5-4-6-11(9-10)14-20-21-17-23(14)22-16(25-17)19-15(24)12-7-2-3-8-13(12)18/h2-9H,1H3,(H,19,22,24). The van der Waals surface area contributed by atoms with Crippen LogP contribution in [0, 0.1) is 6.92 Å². The van der Waals surface area contributed by atoms with Gasteiger partial charge < -0.3 is 0 Å². The second kappa shape index (κ2) is 6.38. The summed E-state index contributed by atoms with van der Waals surface area (Å²) in [5, 5.41) is 16.1. The molecule has 0 bridgehead atoms. The number of nitrogens with one attached hydrogen (secondary N) is 1. The molecular weight excluding hydrogens is 402 g/mol. The van der Waals surface area contributed by atoms with Crippen LogP contribution < -0.4 is 5.32 Å². The topological polar surface area (TPSA) is 72.2 Å². The summed E-state index contributed by atoms with van der Waals surface area (Å²) in [5.74, 6) is 0.422. The van der Waals surface area contributed by atoms with E-state index in [0.29, 0.717) is 21.5 Å². The Hall–Kier alpha value is -2.58. The third-order valence-corrected chi connectivity index (χ3v) is 5.11. The van der Waals surface area contributed by atoms with E-state index < -0.39 is 0 Å². The van der Waals surface area contributed by atoms with Crippen molar-refractivity contribution in [1.29, 1.82) is 0 Å². The number of hydrogen-bond acceptors (Lipinski definition) is 5. The van der Waals surface area contributed by atoms with Crippen molar-refractivity contribution in [2.75, 3.05) is 5.32 Å². The van der Waals surface area contributed by atoms with Crippen molar-refractivity contribution in [3.8, 4) is 11.4 Å². The summed E-state index contributed by atoms with van der Waals surface area (Å²) in [4.78, 5) is 13.0. The Labute approximate surface area is 155 Å². The normalized spacial score (nSPS) is 11.0. The maximum absolute atomic E-state index is 12.4. The number of halogens is 1. The predicted molar refractivity (Wildman–Crippen MR) is 101 cm³/mol. The van der Waals surface area contributed by atoms with Crippen LogP contribution in [0.25, 0.3) is 16.3 Å². The molecule has 4 rings (SSSR count). The number of aromatic nitrogens is 4. The van der Waals surface area contributed by atoms with Crippen LogP contribution in [0.1, 0.15) is 15.9 Å². The lowest BCUT2D eigenvalue weighted by molar-refractivity contribution is 0.102. The van der Waals surface area contributed by atoms with E-state index in [9.17, 15) is 4.79 Å². The highest BCUT2D eigenvalue weighted by atomic mass is 79.9. The monoisotopic (exact) mass is 413 g/mol. The van der Waals surface area contributed by atoms with Gasteiger partial charge in [0.25, 0.3) is 5.91 Å². The van der Waals surface area contributed by atoms with E-state index in [2.05, 4.69) is 36.5 Å². The fraction of sp³-hybridized carbons (Fsp3) is 0.0588. The van der Waals surface area contributed by atoms with Gasteiger partial charge >= 0.3 is 0 Å². The molecule has 8 heteroatoms. The molecule has 0 saturated heterocycles. The van der Waals surface area contributed by atoms with E-state index in [0.717, 1.165) is 15.6 Å². The third-order valence-electron chi connectivity index (χ3n) is 3.61. The Morgan fingerprint density at radius 3 is 2.80 bits per heavy atom. The van der Waals surface area contributed by atoms with Gasteiger partial charge in [0.2, 0.25) is 10.1 Å². The van der Waals surface area contributed by atoms with E-state index in [1.165, 1.54) is 11.3 Å². The quantitative estimate of drug-likeness (QED) is 0.546. The van der Waals surface area contributed by atoms with Crippen molar-refractivity contribution in [1.82, 2.24) is 19.8 Å². The number of fused-ring (bicyclic) bond motifs is 1. The van der Waals surface area contributed by atoms with Crippen molar-refractivity contribution >= 4 is 43.3 Å². The van der Waals surface area contributed by atoms with E-state index in [4.69, 9.17) is 0 Å². The average Bonchev–Trinajstić information content (AvgIpc) is 3.15. The summed E-state index contributed by atoms with van der Waals surface area (Å²) in [5.41, 5.74) is 2.61. The molecule has 0 radical (unpaired) electrons. The molecule has 1 N–H and O–H groups in total. The first-order chi connectivity index (χ1) is 12.1. The molecule has 1 amide bonds. The zero-order valence-electron chi connectivity index (χ0n) is 13.1. The fourth-order valence-electron chi connectivity index (χ4n) is 2.44. The minimum absolute atomic E-state index is 0.227. The van der Waals surface area contributed by atoms with Crippen molar-refractivity contribution in [2.24, 2.45) is 0 Å². The highest BCUT2D eigenvalue weighted by molar-refractivity contribution is 9.10. The van der Waals surface area contributed by atoms with Crippen LogP contribution in [-0.4, -0.2) is 25.7 Å². The molecule has 6 nitrogen and oxygen atoms in total. The van der Waals surface area contributed by atoms with Crippen LogP contribution in [0.2, 0.25) is 0 Å². The number of nitrogens with zero attached hydrogens (tertiary/aromatic N) is 4. The largest absolute Gasteiger partial charge is 0.296 e. The summed E-state index contributed by atoms with van der Waals surface area (Å²) < 4.78 is 2.38. The lowest BCUT2D eigenvalue weighted by Crippen LogP contribution is -2.12. The molecule has 124 valence electrons. The Kier molecular flexibility index (Phi) is 4.06. The predicted octanol–water partition coefficient (Wildman–Crippen LogP) is 4.18. The summed E-state index contributed by atoms with van der Waals surface area (Å²) >= 11 is 4.66. The van der Waals surface area contributed by atoms with Crippen LogP contribution in [0.15, 0.2) is 53.0 Å². The highest BCUT2D eigenvalue weighted by Gasteiger charge is 2.16. The molecule has 0 unspecified atom stereocenters. The number of carbonyl (C=O) groups excluding carboxylic acids is 1. The second-order valence-corrected chi connectivity index (χ2v) is 7.24. The number of benzene rings is 2.